The average molecular weight is 156 g/mol. The highest BCUT2D eigenvalue weighted by atomic mass is 16.5. The number of aliphatic hydroxyl groups is 1. The Morgan fingerprint density at radius 3 is 2.55 bits per heavy atom. The fourth-order valence-electron chi connectivity index (χ4n) is 1.37. The van der Waals surface area contributed by atoms with Gasteiger partial charge >= 0.3 is 0 Å². The standard InChI is InChI=1S/C9H16O2/c1-7(2)9(10,6-11-3)8-4-5-8/h8,10H,1,4-6H2,2-3H3. The number of hydrogen-bond acceptors (Lipinski definition) is 2. The van der Waals surface area contributed by atoms with Gasteiger partial charge in [0.25, 0.3) is 0 Å². The summed E-state index contributed by atoms with van der Waals surface area (Å²) in [7, 11) is 1.61. The molecule has 2 nitrogen and oxygen atoms in total. The van der Waals surface area contributed by atoms with Gasteiger partial charge in [0.1, 0.15) is 5.60 Å². The fourth-order valence-corrected chi connectivity index (χ4v) is 1.37. The van der Waals surface area contributed by atoms with Crippen LogP contribution < -0.4 is 0 Å². The van der Waals surface area contributed by atoms with Crippen LogP contribution >= 0.6 is 0 Å². The molecule has 0 amide bonds. The Kier molecular flexibility index (Phi) is 2.35. The van der Waals surface area contributed by atoms with Crippen LogP contribution in [0.5, 0.6) is 0 Å². The molecule has 1 atom stereocenters. The third-order valence-electron chi connectivity index (χ3n) is 2.36. The molecule has 0 aromatic heterocycles. The SMILES string of the molecule is C=C(C)C(O)(COC)C1CC1. The smallest absolute Gasteiger partial charge is 0.111 e. The zero-order valence-electron chi connectivity index (χ0n) is 7.26. The summed E-state index contributed by atoms with van der Waals surface area (Å²) >= 11 is 0. The van der Waals surface area contributed by atoms with E-state index in [4.69, 9.17) is 4.74 Å². The molecule has 64 valence electrons. The molecule has 0 aliphatic heterocycles. The van der Waals surface area contributed by atoms with Crippen molar-refractivity contribution in [3.8, 4) is 0 Å². The molecule has 1 rings (SSSR count). The minimum Gasteiger partial charge on any atom is -0.383 e. The molecule has 1 aliphatic rings. The molecule has 0 bridgehead atoms. The number of methoxy groups -OCH3 is 1. The van der Waals surface area contributed by atoms with Gasteiger partial charge in [0.05, 0.1) is 6.61 Å². The summed E-state index contributed by atoms with van der Waals surface area (Å²) in [5, 5.41) is 10.0. The first kappa shape index (κ1) is 8.75. The van der Waals surface area contributed by atoms with Gasteiger partial charge in [-0.25, -0.2) is 0 Å². The molecule has 2 heteroatoms. The van der Waals surface area contributed by atoms with E-state index in [2.05, 4.69) is 6.58 Å². The normalized spacial score (nSPS) is 22.8. The lowest BCUT2D eigenvalue weighted by molar-refractivity contribution is -0.0186. The highest BCUT2D eigenvalue weighted by molar-refractivity contribution is 5.15. The number of ether oxygens (including phenoxy) is 1. The molecule has 1 fully saturated rings. The van der Waals surface area contributed by atoms with Gasteiger partial charge in [0.2, 0.25) is 0 Å². The van der Waals surface area contributed by atoms with Gasteiger partial charge < -0.3 is 9.84 Å². The quantitative estimate of drug-likeness (QED) is 0.622. The lowest BCUT2D eigenvalue weighted by atomic mass is 9.91. The van der Waals surface area contributed by atoms with Crippen LogP contribution in [-0.4, -0.2) is 24.4 Å². The predicted octanol–water partition coefficient (Wildman–Crippen LogP) is 1.35. The van der Waals surface area contributed by atoms with Crippen molar-refractivity contribution in [2.75, 3.05) is 13.7 Å². The summed E-state index contributed by atoms with van der Waals surface area (Å²) in [5.41, 5.74) is 0.0659. The van der Waals surface area contributed by atoms with Crippen LogP contribution in [0.1, 0.15) is 19.8 Å². The van der Waals surface area contributed by atoms with Crippen LogP contribution in [0.4, 0.5) is 0 Å². The summed E-state index contributed by atoms with van der Waals surface area (Å²) in [6.45, 7) is 6.02. The van der Waals surface area contributed by atoms with E-state index in [0.717, 1.165) is 18.4 Å². The zero-order chi connectivity index (χ0) is 8.48. The summed E-state index contributed by atoms with van der Waals surface area (Å²) < 4.78 is 4.96. The van der Waals surface area contributed by atoms with Crippen LogP contribution in [-0.2, 0) is 4.74 Å². The van der Waals surface area contributed by atoms with Crippen molar-refractivity contribution >= 4 is 0 Å². The first-order valence-electron chi connectivity index (χ1n) is 3.98. The van der Waals surface area contributed by atoms with E-state index in [-0.39, 0.29) is 0 Å². The van der Waals surface area contributed by atoms with Crippen LogP contribution in [0.3, 0.4) is 0 Å². The van der Waals surface area contributed by atoms with Crippen molar-refractivity contribution in [1.82, 2.24) is 0 Å². The molecule has 1 saturated carbocycles. The Labute approximate surface area is 67.9 Å². The highest BCUT2D eigenvalue weighted by Crippen LogP contribution is 2.43. The number of rotatable bonds is 4. The van der Waals surface area contributed by atoms with E-state index in [0.29, 0.717) is 12.5 Å². The minimum absolute atomic E-state index is 0.382. The molecule has 0 radical (unpaired) electrons. The van der Waals surface area contributed by atoms with Crippen molar-refractivity contribution in [3.05, 3.63) is 12.2 Å². The van der Waals surface area contributed by atoms with E-state index in [1.807, 2.05) is 6.92 Å². The molecule has 0 spiro atoms. The van der Waals surface area contributed by atoms with E-state index in [9.17, 15) is 5.11 Å². The van der Waals surface area contributed by atoms with E-state index >= 15 is 0 Å². The Balaban J connectivity index is 2.61. The molecule has 11 heavy (non-hydrogen) atoms. The second-order valence-corrected chi connectivity index (χ2v) is 3.41. The Morgan fingerprint density at radius 2 is 2.27 bits per heavy atom. The third kappa shape index (κ3) is 1.63. The molecule has 0 heterocycles. The summed E-state index contributed by atoms with van der Waals surface area (Å²) in [6.07, 6.45) is 2.21. The second kappa shape index (κ2) is 2.95. The lowest BCUT2D eigenvalue weighted by Crippen LogP contribution is -2.37. The third-order valence-corrected chi connectivity index (χ3v) is 2.36. The lowest BCUT2D eigenvalue weighted by Gasteiger charge is -2.27. The van der Waals surface area contributed by atoms with Crippen LogP contribution in [0.2, 0.25) is 0 Å². The molecule has 0 saturated heterocycles. The maximum Gasteiger partial charge on any atom is 0.111 e. The van der Waals surface area contributed by atoms with Crippen LogP contribution in [0.15, 0.2) is 12.2 Å². The maximum absolute atomic E-state index is 10.0. The zero-order valence-corrected chi connectivity index (χ0v) is 7.26. The van der Waals surface area contributed by atoms with Crippen LogP contribution in [0.25, 0.3) is 0 Å². The molecule has 0 aromatic carbocycles. The monoisotopic (exact) mass is 156 g/mol. The highest BCUT2D eigenvalue weighted by Gasteiger charge is 2.44. The predicted molar refractivity (Wildman–Crippen MR) is 44.4 cm³/mol. The van der Waals surface area contributed by atoms with Crippen molar-refractivity contribution in [2.24, 2.45) is 5.92 Å². The minimum atomic E-state index is -0.755. The summed E-state index contributed by atoms with van der Waals surface area (Å²) in [6, 6.07) is 0. The maximum atomic E-state index is 10.0. The molecular weight excluding hydrogens is 140 g/mol. The van der Waals surface area contributed by atoms with Crippen LogP contribution in [0, 0.1) is 5.92 Å². The van der Waals surface area contributed by atoms with Gasteiger partial charge in [-0.3, -0.25) is 0 Å². The molecule has 0 aromatic rings. The first-order chi connectivity index (χ1) is 5.11. The van der Waals surface area contributed by atoms with Gasteiger partial charge in [-0.1, -0.05) is 6.58 Å². The topological polar surface area (TPSA) is 29.5 Å². The summed E-state index contributed by atoms with van der Waals surface area (Å²) in [4.78, 5) is 0. The largest absolute Gasteiger partial charge is 0.383 e. The van der Waals surface area contributed by atoms with Crippen molar-refractivity contribution in [3.63, 3.8) is 0 Å². The Bertz CT molecular complexity index is 161. The number of hydrogen-bond donors (Lipinski definition) is 1. The summed E-state index contributed by atoms with van der Waals surface area (Å²) in [5.74, 6) is 0.389. The van der Waals surface area contributed by atoms with Gasteiger partial charge in [0.15, 0.2) is 0 Å². The van der Waals surface area contributed by atoms with Gasteiger partial charge in [0, 0.05) is 7.11 Å². The second-order valence-electron chi connectivity index (χ2n) is 3.41. The Hall–Kier alpha value is -0.340. The Morgan fingerprint density at radius 1 is 1.73 bits per heavy atom. The van der Waals surface area contributed by atoms with Gasteiger partial charge in [-0.2, -0.15) is 0 Å². The van der Waals surface area contributed by atoms with E-state index in [1.165, 1.54) is 0 Å². The van der Waals surface area contributed by atoms with E-state index < -0.39 is 5.60 Å². The fraction of sp³-hybridized carbons (Fsp3) is 0.778. The molecular formula is C9H16O2. The first-order valence-corrected chi connectivity index (χ1v) is 3.98. The van der Waals surface area contributed by atoms with Crippen molar-refractivity contribution < 1.29 is 9.84 Å². The van der Waals surface area contributed by atoms with Crippen molar-refractivity contribution in [2.45, 2.75) is 25.4 Å². The molecule has 1 N–H and O–H groups in total. The average Bonchev–Trinajstić information content (AvgIpc) is 2.68. The van der Waals surface area contributed by atoms with Crippen molar-refractivity contribution in [1.29, 1.82) is 0 Å². The van der Waals surface area contributed by atoms with Gasteiger partial charge in [-0.15, -0.1) is 0 Å². The van der Waals surface area contributed by atoms with E-state index in [1.54, 1.807) is 7.11 Å². The van der Waals surface area contributed by atoms with Gasteiger partial charge in [-0.05, 0) is 31.3 Å². The molecule has 1 unspecified atom stereocenters. The molecule has 1 aliphatic carbocycles.